The van der Waals surface area contributed by atoms with Crippen molar-refractivity contribution < 1.29 is 19.2 Å². The van der Waals surface area contributed by atoms with Crippen molar-refractivity contribution >= 4 is 17.3 Å². The van der Waals surface area contributed by atoms with E-state index < -0.39 is 23.3 Å². The van der Waals surface area contributed by atoms with Gasteiger partial charge in [-0.05, 0) is 36.2 Å². The highest BCUT2D eigenvalue weighted by atomic mass is 19.1. The molecule has 0 aliphatic carbocycles. The molecule has 0 unspecified atom stereocenters. The monoisotopic (exact) mass is 333 g/mol. The van der Waals surface area contributed by atoms with E-state index in [1.54, 1.807) is 6.92 Å². The van der Waals surface area contributed by atoms with E-state index in [1.807, 2.05) is 0 Å². The standard InChI is InChI=1S/C16H16FN3O4/c1-9-4-12(15(18)14(5-9)20(23)24)16(22)19-7-10-2-3-13(17)11(6-10)8-21/h2-6,21H,7-8,18H2,1H3,(H,19,22). The summed E-state index contributed by atoms with van der Waals surface area (Å²) in [6.45, 7) is 1.23. The molecule has 0 saturated heterocycles. The molecule has 2 aromatic rings. The zero-order chi connectivity index (χ0) is 17.9. The van der Waals surface area contributed by atoms with Gasteiger partial charge in [0.05, 0.1) is 17.1 Å². The number of nitrogens with one attached hydrogen (secondary N) is 1. The molecule has 0 spiro atoms. The van der Waals surface area contributed by atoms with Gasteiger partial charge in [-0.15, -0.1) is 0 Å². The summed E-state index contributed by atoms with van der Waals surface area (Å²) in [5.41, 5.74) is 6.40. The van der Waals surface area contributed by atoms with Crippen LogP contribution in [0.1, 0.15) is 27.0 Å². The summed E-state index contributed by atoms with van der Waals surface area (Å²) in [7, 11) is 0. The fourth-order valence-electron chi connectivity index (χ4n) is 2.25. The fourth-order valence-corrected chi connectivity index (χ4v) is 2.25. The first-order valence-corrected chi connectivity index (χ1v) is 7.04. The molecule has 4 N–H and O–H groups in total. The molecule has 1 amide bonds. The lowest BCUT2D eigenvalue weighted by Gasteiger charge is -2.10. The van der Waals surface area contributed by atoms with Crippen LogP contribution >= 0.6 is 0 Å². The summed E-state index contributed by atoms with van der Waals surface area (Å²) in [6.07, 6.45) is 0. The molecule has 2 aromatic carbocycles. The van der Waals surface area contributed by atoms with E-state index in [9.17, 15) is 19.3 Å². The molecule has 0 heterocycles. The van der Waals surface area contributed by atoms with Gasteiger partial charge < -0.3 is 16.2 Å². The molecule has 0 aromatic heterocycles. The Balaban J connectivity index is 2.20. The molecule has 0 saturated carbocycles. The largest absolute Gasteiger partial charge is 0.393 e. The molecule has 0 aliphatic rings. The third-order valence-electron chi connectivity index (χ3n) is 3.48. The maximum absolute atomic E-state index is 13.3. The number of carbonyl (C=O) groups excluding carboxylic acids is 1. The van der Waals surface area contributed by atoms with Gasteiger partial charge in [0.15, 0.2) is 0 Å². The molecular weight excluding hydrogens is 317 g/mol. The first-order valence-electron chi connectivity index (χ1n) is 7.04. The van der Waals surface area contributed by atoms with Crippen LogP contribution in [0.4, 0.5) is 15.8 Å². The number of carbonyl (C=O) groups is 1. The minimum Gasteiger partial charge on any atom is -0.393 e. The number of amides is 1. The molecule has 7 nitrogen and oxygen atoms in total. The highest BCUT2D eigenvalue weighted by Gasteiger charge is 2.20. The topological polar surface area (TPSA) is 118 Å². The Hall–Kier alpha value is -3.00. The van der Waals surface area contributed by atoms with Crippen molar-refractivity contribution in [2.24, 2.45) is 0 Å². The van der Waals surface area contributed by atoms with Crippen molar-refractivity contribution in [2.45, 2.75) is 20.1 Å². The van der Waals surface area contributed by atoms with Gasteiger partial charge in [-0.2, -0.15) is 0 Å². The zero-order valence-corrected chi connectivity index (χ0v) is 12.9. The number of nitrogen functional groups attached to an aromatic ring is 1. The average molecular weight is 333 g/mol. The van der Waals surface area contributed by atoms with Crippen LogP contribution in [0.5, 0.6) is 0 Å². The summed E-state index contributed by atoms with van der Waals surface area (Å²) in [5, 5.41) is 22.6. The Bertz CT molecular complexity index is 808. The summed E-state index contributed by atoms with van der Waals surface area (Å²) in [6, 6.07) is 6.84. The fraction of sp³-hybridized carbons (Fsp3) is 0.188. The van der Waals surface area contributed by atoms with Crippen LogP contribution < -0.4 is 11.1 Å². The van der Waals surface area contributed by atoms with E-state index in [0.717, 1.165) is 0 Å². The molecule has 8 heteroatoms. The van der Waals surface area contributed by atoms with Crippen LogP contribution in [0.3, 0.4) is 0 Å². The van der Waals surface area contributed by atoms with E-state index in [1.165, 1.54) is 30.3 Å². The van der Waals surface area contributed by atoms with Gasteiger partial charge in [0.1, 0.15) is 11.5 Å². The molecule has 0 radical (unpaired) electrons. The van der Waals surface area contributed by atoms with Gasteiger partial charge in [0.2, 0.25) is 0 Å². The molecule has 126 valence electrons. The first kappa shape index (κ1) is 17.4. The van der Waals surface area contributed by atoms with E-state index >= 15 is 0 Å². The summed E-state index contributed by atoms with van der Waals surface area (Å²) >= 11 is 0. The number of aliphatic hydroxyl groups excluding tert-OH is 1. The lowest BCUT2D eigenvalue weighted by atomic mass is 10.1. The number of hydrogen-bond donors (Lipinski definition) is 3. The van der Waals surface area contributed by atoms with Gasteiger partial charge in [-0.25, -0.2) is 4.39 Å². The quantitative estimate of drug-likeness (QED) is 0.439. The Morgan fingerprint density at radius 1 is 1.38 bits per heavy atom. The number of benzene rings is 2. The molecular formula is C16H16FN3O4. The van der Waals surface area contributed by atoms with Crippen molar-refractivity contribution in [1.82, 2.24) is 5.32 Å². The van der Waals surface area contributed by atoms with Crippen molar-refractivity contribution in [1.29, 1.82) is 0 Å². The number of nitrogens with zero attached hydrogens (tertiary/aromatic N) is 1. The van der Waals surface area contributed by atoms with Crippen LogP contribution in [0.2, 0.25) is 0 Å². The lowest BCUT2D eigenvalue weighted by molar-refractivity contribution is -0.384. The van der Waals surface area contributed by atoms with Gasteiger partial charge >= 0.3 is 0 Å². The smallest absolute Gasteiger partial charge is 0.293 e. The number of anilines is 1. The molecule has 2 rings (SSSR count). The average Bonchev–Trinajstić information content (AvgIpc) is 2.55. The zero-order valence-electron chi connectivity index (χ0n) is 12.9. The second-order valence-corrected chi connectivity index (χ2v) is 5.27. The molecule has 24 heavy (non-hydrogen) atoms. The summed E-state index contributed by atoms with van der Waals surface area (Å²) in [5.74, 6) is -1.11. The minimum atomic E-state index is -0.646. The SMILES string of the molecule is Cc1cc(C(=O)NCc2ccc(F)c(CO)c2)c(N)c([N+](=O)[O-])c1. The van der Waals surface area contributed by atoms with Crippen LogP contribution in [0, 0.1) is 22.9 Å². The lowest BCUT2D eigenvalue weighted by Crippen LogP contribution is -2.24. The minimum absolute atomic E-state index is 0.00573. The number of hydrogen-bond acceptors (Lipinski definition) is 5. The second-order valence-electron chi connectivity index (χ2n) is 5.27. The normalized spacial score (nSPS) is 10.5. The van der Waals surface area contributed by atoms with Crippen molar-refractivity contribution in [3.8, 4) is 0 Å². The van der Waals surface area contributed by atoms with Crippen molar-refractivity contribution in [2.75, 3.05) is 5.73 Å². The second kappa shape index (κ2) is 7.05. The Kier molecular flexibility index (Phi) is 5.10. The molecule has 0 atom stereocenters. The highest BCUT2D eigenvalue weighted by molar-refractivity contribution is 6.01. The van der Waals surface area contributed by atoms with Gasteiger partial charge in [0, 0.05) is 18.2 Å². The summed E-state index contributed by atoms with van der Waals surface area (Å²) in [4.78, 5) is 22.6. The van der Waals surface area contributed by atoms with E-state index in [-0.39, 0.29) is 29.0 Å². The first-order chi connectivity index (χ1) is 11.3. The number of aryl methyl sites for hydroxylation is 1. The van der Waals surface area contributed by atoms with Crippen LogP contribution in [0.15, 0.2) is 30.3 Å². The number of halogens is 1. The number of nitrogens with two attached hydrogens (primary N) is 1. The molecule has 0 fully saturated rings. The number of rotatable bonds is 5. The van der Waals surface area contributed by atoms with E-state index in [2.05, 4.69) is 5.32 Å². The van der Waals surface area contributed by atoms with Gasteiger partial charge in [0.25, 0.3) is 11.6 Å². The predicted molar refractivity (Wildman–Crippen MR) is 85.7 cm³/mol. The maximum atomic E-state index is 13.3. The van der Waals surface area contributed by atoms with Crippen LogP contribution in [-0.4, -0.2) is 15.9 Å². The van der Waals surface area contributed by atoms with E-state index in [4.69, 9.17) is 10.8 Å². The highest BCUT2D eigenvalue weighted by Crippen LogP contribution is 2.27. The van der Waals surface area contributed by atoms with Crippen molar-refractivity contribution in [3.63, 3.8) is 0 Å². The maximum Gasteiger partial charge on any atom is 0.293 e. The van der Waals surface area contributed by atoms with Crippen LogP contribution in [0.25, 0.3) is 0 Å². The number of nitro groups is 1. The summed E-state index contributed by atoms with van der Waals surface area (Å²) < 4.78 is 13.3. The van der Waals surface area contributed by atoms with E-state index in [0.29, 0.717) is 11.1 Å². The predicted octanol–water partition coefficient (Wildman–Crippen LogP) is 2.05. The van der Waals surface area contributed by atoms with Gasteiger partial charge in [-0.3, -0.25) is 14.9 Å². The molecule has 0 aliphatic heterocycles. The number of nitro benzene ring substituents is 1. The Labute approximate surface area is 137 Å². The third kappa shape index (κ3) is 3.66. The van der Waals surface area contributed by atoms with Gasteiger partial charge in [-0.1, -0.05) is 6.07 Å². The Morgan fingerprint density at radius 2 is 2.08 bits per heavy atom. The Morgan fingerprint density at radius 3 is 2.71 bits per heavy atom. The third-order valence-corrected chi connectivity index (χ3v) is 3.48. The molecule has 0 bridgehead atoms. The number of aliphatic hydroxyl groups is 1. The van der Waals surface area contributed by atoms with Crippen molar-refractivity contribution in [3.05, 3.63) is 68.5 Å². The van der Waals surface area contributed by atoms with Crippen LogP contribution in [-0.2, 0) is 13.2 Å².